The first-order chi connectivity index (χ1) is 9.31. The lowest BCUT2D eigenvalue weighted by Gasteiger charge is -2.29. The normalized spacial score (nSPS) is 15.3. The van der Waals surface area contributed by atoms with E-state index in [0.717, 1.165) is 31.9 Å². The molecule has 0 aromatic heterocycles. The number of amides is 1. The summed E-state index contributed by atoms with van der Waals surface area (Å²) in [7, 11) is 1.62. The lowest BCUT2D eigenvalue weighted by Crippen LogP contribution is -2.43. The number of carbonyl (C=O) groups is 1. The number of hydrogen-bond acceptors (Lipinski definition) is 4. The molecule has 0 atom stereocenters. The van der Waals surface area contributed by atoms with Gasteiger partial charge in [-0.15, -0.1) is 0 Å². The van der Waals surface area contributed by atoms with E-state index in [-0.39, 0.29) is 5.91 Å². The summed E-state index contributed by atoms with van der Waals surface area (Å²) >= 11 is 0. The fourth-order valence-electron chi connectivity index (χ4n) is 2.14. The van der Waals surface area contributed by atoms with Crippen molar-refractivity contribution >= 4 is 11.6 Å². The lowest BCUT2D eigenvalue weighted by atomic mass is 10.1. The summed E-state index contributed by atoms with van der Waals surface area (Å²) in [5.41, 5.74) is 1.81. The highest BCUT2D eigenvalue weighted by Crippen LogP contribution is 2.16. The molecule has 19 heavy (non-hydrogen) atoms. The molecule has 1 fully saturated rings. The minimum atomic E-state index is -0.0472. The lowest BCUT2D eigenvalue weighted by molar-refractivity contribution is 0.0937. The van der Waals surface area contributed by atoms with E-state index >= 15 is 0 Å². The van der Waals surface area contributed by atoms with Crippen LogP contribution in [0.3, 0.4) is 0 Å². The van der Waals surface area contributed by atoms with Crippen LogP contribution in [0.4, 0.5) is 5.69 Å². The minimum Gasteiger partial charge on any atom is -0.383 e. The molecule has 1 saturated heterocycles. The van der Waals surface area contributed by atoms with E-state index in [1.54, 1.807) is 7.11 Å². The SMILES string of the molecule is COCCNC(=O)c1cccc(N2CCNCC2)c1. The first kappa shape index (κ1) is 13.8. The quantitative estimate of drug-likeness (QED) is 0.758. The zero-order valence-electron chi connectivity index (χ0n) is 11.3. The molecule has 1 aliphatic heterocycles. The number of rotatable bonds is 5. The standard InChI is InChI=1S/C14H21N3O2/c1-19-10-7-16-14(18)12-3-2-4-13(11-12)17-8-5-15-6-9-17/h2-4,11,15H,5-10H2,1H3,(H,16,18). The summed E-state index contributed by atoms with van der Waals surface area (Å²) < 4.78 is 4.92. The number of methoxy groups -OCH3 is 1. The van der Waals surface area contributed by atoms with Crippen molar-refractivity contribution in [1.82, 2.24) is 10.6 Å². The van der Waals surface area contributed by atoms with E-state index in [1.165, 1.54) is 0 Å². The van der Waals surface area contributed by atoms with E-state index in [0.29, 0.717) is 18.7 Å². The summed E-state index contributed by atoms with van der Waals surface area (Å²) in [5, 5.41) is 6.16. The van der Waals surface area contributed by atoms with Crippen molar-refractivity contribution in [2.45, 2.75) is 0 Å². The van der Waals surface area contributed by atoms with Gasteiger partial charge in [-0.25, -0.2) is 0 Å². The maximum absolute atomic E-state index is 12.0. The van der Waals surface area contributed by atoms with Crippen LogP contribution in [0.1, 0.15) is 10.4 Å². The maximum Gasteiger partial charge on any atom is 0.251 e. The number of nitrogens with one attached hydrogen (secondary N) is 2. The van der Waals surface area contributed by atoms with Gasteiger partial charge in [-0.3, -0.25) is 4.79 Å². The Morgan fingerprint density at radius 2 is 2.21 bits per heavy atom. The third-order valence-electron chi connectivity index (χ3n) is 3.18. The van der Waals surface area contributed by atoms with Crippen LogP contribution in [-0.4, -0.2) is 52.3 Å². The predicted molar refractivity (Wildman–Crippen MR) is 75.7 cm³/mol. The molecule has 5 nitrogen and oxygen atoms in total. The molecule has 1 heterocycles. The largest absolute Gasteiger partial charge is 0.383 e. The van der Waals surface area contributed by atoms with Crippen LogP contribution < -0.4 is 15.5 Å². The van der Waals surface area contributed by atoms with Crippen molar-refractivity contribution in [2.24, 2.45) is 0 Å². The van der Waals surface area contributed by atoms with Gasteiger partial charge in [-0.1, -0.05) is 6.07 Å². The number of nitrogens with zero attached hydrogens (tertiary/aromatic N) is 1. The van der Waals surface area contributed by atoms with Crippen LogP contribution in [0.2, 0.25) is 0 Å². The molecule has 1 aromatic rings. The third kappa shape index (κ3) is 3.94. The molecular formula is C14H21N3O2. The number of anilines is 1. The molecule has 0 saturated carbocycles. The summed E-state index contributed by atoms with van der Waals surface area (Å²) in [6.07, 6.45) is 0. The Bertz CT molecular complexity index is 417. The summed E-state index contributed by atoms with van der Waals surface area (Å²) in [4.78, 5) is 14.3. The minimum absolute atomic E-state index is 0.0472. The fourth-order valence-corrected chi connectivity index (χ4v) is 2.14. The van der Waals surface area contributed by atoms with E-state index in [4.69, 9.17) is 4.74 Å². The summed E-state index contributed by atoms with van der Waals surface area (Å²) in [6, 6.07) is 7.78. The number of carbonyl (C=O) groups excluding carboxylic acids is 1. The number of piperazine rings is 1. The zero-order chi connectivity index (χ0) is 13.5. The Labute approximate surface area is 113 Å². The molecule has 1 aromatic carbocycles. The molecule has 104 valence electrons. The van der Waals surface area contributed by atoms with Gasteiger partial charge in [-0.2, -0.15) is 0 Å². The summed E-state index contributed by atoms with van der Waals surface area (Å²) in [5.74, 6) is -0.0472. The second kappa shape index (κ2) is 7.11. The van der Waals surface area contributed by atoms with Crippen LogP contribution in [-0.2, 0) is 4.74 Å². The van der Waals surface area contributed by atoms with Gasteiger partial charge in [0, 0.05) is 51.1 Å². The average Bonchev–Trinajstić information content (AvgIpc) is 2.48. The van der Waals surface area contributed by atoms with E-state index in [2.05, 4.69) is 21.6 Å². The molecule has 0 bridgehead atoms. The van der Waals surface area contributed by atoms with E-state index in [9.17, 15) is 4.79 Å². The number of hydrogen-bond donors (Lipinski definition) is 2. The first-order valence-electron chi connectivity index (χ1n) is 6.64. The van der Waals surface area contributed by atoms with Crippen LogP contribution >= 0.6 is 0 Å². The molecule has 0 aliphatic carbocycles. The molecule has 5 heteroatoms. The van der Waals surface area contributed by atoms with E-state index < -0.39 is 0 Å². The molecule has 2 rings (SSSR count). The van der Waals surface area contributed by atoms with Crippen LogP contribution in [0.15, 0.2) is 24.3 Å². The van der Waals surface area contributed by atoms with Crippen molar-refractivity contribution in [3.05, 3.63) is 29.8 Å². The van der Waals surface area contributed by atoms with Crippen LogP contribution in [0.5, 0.6) is 0 Å². The van der Waals surface area contributed by atoms with Gasteiger partial charge in [0.15, 0.2) is 0 Å². The molecule has 2 N–H and O–H groups in total. The highest BCUT2D eigenvalue weighted by molar-refractivity contribution is 5.95. The highest BCUT2D eigenvalue weighted by Gasteiger charge is 2.12. The topological polar surface area (TPSA) is 53.6 Å². The first-order valence-corrected chi connectivity index (χ1v) is 6.64. The van der Waals surface area contributed by atoms with Crippen LogP contribution in [0, 0.1) is 0 Å². The predicted octanol–water partition coefficient (Wildman–Crippen LogP) is 0.472. The second-order valence-corrected chi connectivity index (χ2v) is 4.54. The van der Waals surface area contributed by atoms with E-state index in [1.807, 2.05) is 18.2 Å². The summed E-state index contributed by atoms with van der Waals surface area (Å²) in [6.45, 7) is 5.01. The Hall–Kier alpha value is -1.59. The Balaban J connectivity index is 1.99. The van der Waals surface area contributed by atoms with Gasteiger partial charge < -0.3 is 20.3 Å². The van der Waals surface area contributed by atoms with Gasteiger partial charge in [0.1, 0.15) is 0 Å². The van der Waals surface area contributed by atoms with Gasteiger partial charge in [0.25, 0.3) is 5.91 Å². The zero-order valence-corrected chi connectivity index (χ0v) is 11.3. The fraction of sp³-hybridized carbons (Fsp3) is 0.500. The van der Waals surface area contributed by atoms with Crippen LogP contribution in [0.25, 0.3) is 0 Å². The molecular weight excluding hydrogens is 242 g/mol. The smallest absolute Gasteiger partial charge is 0.251 e. The maximum atomic E-state index is 12.0. The number of benzene rings is 1. The van der Waals surface area contributed by atoms with Crippen molar-refractivity contribution in [3.8, 4) is 0 Å². The second-order valence-electron chi connectivity index (χ2n) is 4.54. The highest BCUT2D eigenvalue weighted by atomic mass is 16.5. The van der Waals surface area contributed by atoms with Gasteiger partial charge in [-0.05, 0) is 18.2 Å². The monoisotopic (exact) mass is 263 g/mol. The van der Waals surface area contributed by atoms with Crippen molar-refractivity contribution in [2.75, 3.05) is 51.3 Å². The molecule has 0 spiro atoms. The molecule has 0 radical (unpaired) electrons. The molecule has 1 aliphatic rings. The third-order valence-corrected chi connectivity index (χ3v) is 3.18. The van der Waals surface area contributed by atoms with Gasteiger partial charge >= 0.3 is 0 Å². The van der Waals surface area contributed by atoms with Crippen molar-refractivity contribution in [3.63, 3.8) is 0 Å². The molecule has 0 unspecified atom stereocenters. The van der Waals surface area contributed by atoms with Crippen molar-refractivity contribution < 1.29 is 9.53 Å². The Morgan fingerprint density at radius 1 is 1.42 bits per heavy atom. The molecule has 1 amide bonds. The average molecular weight is 263 g/mol. The Kier molecular flexibility index (Phi) is 5.18. The van der Waals surface area contributed by atoms with Crippen molar-refractivity contribution in [1.29, 1.82) is 0 Å². The Morgan fingerprint density at radius 3 is 2.95 bits per heavy atom. The number of ether oxygens (including phenoxy) is 1. The van der Waals surface area contributed by atoms with Gasteiger partial charge in [0.2, 0.25) is 0 Å². The van der Waals surface area contributed by atoms with Gasteiger partial charge in [0.05, 0.1) is 6.61 Å².